The lowest BCUT2D eigenvalue weighted by Crippen LogP contribution is -2.11. The molecule has 0 bridgehead atoms. The molecule has 0 fully saturated rings. The zero-order valence-corrected chi connectivity index (χ0v) is 18.6. The molecule has 0 radical (unpaired) electrons. The van der Waals surface area contributed by atoms with Crippen LogP contribution in [0.3, 0.4) is 0 Å². The maximum Gasteiger partial charge on any atom is 0.259 e. The number of aryl methyl sites for hydroxylation is 2. The van der Waals surface area contributed by atoms with Crippen LogP contribution in [0, 0.1) is 5.82 Å². The first-order chi connectivity index (χ1) is 15.2. The Hall–Kier alpha value is -2.62. The van der Waals surface area contributed by atoms with Crippen molar-refractivity contribution in [3.8, 4) is 11.1 Å². The van der Waals surface area contributed by atoms with Gasteiger partial charge in [0, 0.05) is 15.8 Å². The third-order valence-corrected chi connectivity index (χ3v) is 8.53. The van der Waals surface area contributed by atoms with E-state index < -0.39 is 0 Å². The molecule has 0 amide bonds. The first-order valence-electron chi connectivity index (χ1n) is 9.82. The van der Waals surface area contributed by atoms with Gasteiger partial charge in [-0.2, -0.15) is 0 Å². The van der Waals surface area contributed by atoms with Crippen molar-refractivity contribution in [3.05, 3.63) is 68.4 Å². The van der Waals surface area contributed by atoms with Crippen LogP contribution in [-0.2, 0) is 18.6 Å². The second kappa shape index (κ2) is 7.51. The van der Waals surface area contributed by atoms with Crippen molar-refractivity contribution < 1.29 is 4.39 Å². The zero-order valence-electron chi connectivity index (χ0n) is 16.1. The summed E-state index contributed by atoms with van der Waals surface area (Å²) in [5.41, 5.74) is 3.04. The number of nitrogens with zero attached hydrogens (tertiary/aromatic N) is 3. The maximum absolute atomic E-state index is 13.4. The second-order valence-corrected chi connectivity index (χ2v) is 10.3. The molecule has 1 aliphatic carbocycles. The zero-order chi connectivity index (χ0) is 20.9. The first kappa shape index (κ1) is 19.1. The Morgan fingerprint density at radius 1 is 1.10 bits per heavy atom. The van der Waals surface area contributed by atoms with Gasteiger partial charge in [0.15, 0.2) is 0 Å². The van der Waals surface area contributed by atoms with E-state index >= 15 is 0 Å². The molecule has 1 N–H and O–H groups in total. The predicted octanol–water partition coefficient (Wildman–Crippen LogP) is 5.58. The summed E-state index contributed by atoms with van der Waals surface area (Å²) in [6.45, 7) is 0. The van der Waals surface area contributed by atoms with Crippen molar-refractivity contribution >= 4 is 54.9 Å². The van der Waals surface area contributed by atoms with Crippen molar-refractivity contribution in [2.24, 2.45) is 0 Å². The van der Waals surface area contributed by atoms with Gasteiger partial charge < -0.3 is 4.98 Å². The minimum absolute atomic E-state index is 0.0460. The third-order valence-electron chi connectivity index (χ3n) is 5.46. The normalized spacial score (nSPS) is 13.3. The molecule has 5 aromatic rings. The summed E-state index contributed by atoms with van der Waals surface area (Å²) < 4.78 is 13.4. The largest absolute Gasteiger partial charge is 0.309 e. The van der Waals surface area contributed by atoms with Gasteiger partial charge in [-0.15, -0.1) is 22.7 Å². The van der Waals surface area contributed by atoms with Crippen molar-refractivity contribution in [2.45, 2.75) is 30.0 Å². The Morgan fingerprint density at radius 2 is 1.97 bits per heavy atom. The van der Waals surface area contributed by atoms with Gasteiger partial charge in [0.1, 0.15) is 32.7 Å². The van der Waals surface area contributed by atoms with E-state index in [-0.39, 0.29) is 11.4 Å². The molecule has 0 saturated carbocycles. The first-order valence-corrected chi connectivity index (χ1v) is 12.5. The lowest BCUT2D eigenvalue weighted by atomic mass is 10.1. The molecular weight excluding hydrogens is 451 g/mol. The Kier molecular flexibility index (Phi) is 4.62. The molecule has 5 nitrogen and oxygen atoms in total. The van der Waals surface area contributed by atoms with Gasteiger partial charge in [0.05, 0.1) is 16.5 Å². The number of thioether (sulfide) groups is 1. The highest BCUT2D eigenvalue weighted by atomic mass is 32.2. The predicted molar refractivity (Wildman–Crippen MR) is 125 cm³/mol. The molecule has 9 heteroatoms. The summed E-state index contributed by atoms with van der Waals surface area (Å²) in [7, 11) is 0. The van der Waals surface area contributed by atoms with E-state index in [0.29, 0.717) is 11.6 Å². The van der Waals surface area contributed by atoms with E-state index in [1.807, 2.05) is 5.38 Å². The number of thiophene rings is 2. The fourth-order valence-electron chi connectivity index (χ4n) is 4.05. The Bertz CT molecular complexity index is 1500. The number of rotatable bonds is 4. The van der Waals surface area contributed by atoms with Gasteiger partial charge in [0.2, 0.25) is 0 Å². The molecule has 4 heterocycles. The summed E-state index contributed by atoms with van der Waals surface area (Å²) in [4.78, 5) is 32.3. The summed E-state index contributed by atoms with van der Waals surface area (Å²) in [5, 5.41) is 4.56. The number of hydrogen-bond donors (Lipinski definition) is 1. The number of fused-ring (bicyclic) bond motifs is 4. The van der Waals surface area contributed by atoms with E-state index in [4.69, 9.17) is 4.98 Å². The number of nitrogens with one attached hydrogen (secondary N) is 1. The number of benzene rings is 1. The van der Waals surface area contributed by atoms with Gasteiger partial charge in [0.25, 0.3) is 5.56 Å². The number of halogens is 1. The van der Waals surface area contributed by atoms with Gasteiger partial charge in [-0.3, -0.25) is 4.79 Å². The second-order valence-electron chi connectivity index (χ2n) is 7.35. The number of hydrogen-bond acceptors (Lipinski definition) is 7. The molecule has 0 atom stereocenters. The van der Waals surface area contributed by atoms with E-state index in [1.165, 1.54) is 45.7 Å². The summed E-state index contributed by atoms with van der Waals surface area (Å²) in [6.07, 6.45) is 4.69. The summed E-state index contributed by atoms with van der Waals surface area (Å²) >= 11 is 4.70. The third kappa shape index (κ3) is 3.28. The molecule has 1 aromatic carbocycles. The summed E-state index contributed by atoms with van der Waals surface area (Å²) in [5.74, 6) is 0.880. The molecule has 4 aromatic heterocycles. The highest BCUT2D eigenvalue weighted by molar-refractivity contribution is 7.98. The van der Waals surface area contributed by atoms with Gasteiger partial charge in [-0.05, 0) is 42.5 Å². The maximum atomic E-state index is 13.4. The number of aromatic amines is 1. The highest BCUT2D eigenvalue weighted by Gasteiger charge is 2.21. The van der Waals surface area contributed by atoms with Crippen LogP contribution in [0.2, 0.25) is 0 Å². The monoisotopic (exact) mass is 466 g/mol. The molecule has 6 rings (SSSR count). The standard InChI is InChI=1S/C22H15FN4OS3/c23-12-6-4-11(5-7-12)14-8-29-20-18(14)21(25-10-24-20)30-9-16-26-19(28)17-13-2-1-3-15(13)31-22(17)27-16/h4-8,10H,1-3,9H2,(H,26,27,28). The number of H-pyrrole nitrogens is 1. The molecule has 1 aliphatic rings. The van der Waals surface area contributed by atoms with E-state index in [9.17, 15) is 9.18 Å². The van der Waals surface area contributed by atoms with E-state index in [0.717, 1.165) is 55.8 Å². The fourth-order valence-corrected chi connectivity index (χ4v) is 7.20. The molecule has 154 valence electrons. The minimum atomic E-state index is -0.265. The van der Waals surface area contributed by atoms with Crippen molar-refractivity contribution in [3.63, 3.8) is 0 Å². The summed E-state index contributed by atoms with van der Waals surface area (Å²) in [6, 6.07) is 6.44. The fraction of sp³-hybridized carbons (Fsp3) is 0.182. The van der Waals surface area contributed by atoms with Crippen LogP contribution < -0.4 is 5.56 Å². The van der Waals surface area contributed by atoms with E-state index in [2.05, 4.69) is 15.0 Å². The van der Waals surface area contributed by atoms with E-state index in [1.54, 1.807) is 29.8 Å². The van der Waals surface area contributed by atoms with Crippen molar-refractivity contribution in [1.29, 1.82) is 0 Å². The quantitative estimate of drug-likeness (QED) is 0.277. The van der Waals surface area contributed by atoms with Crippen LogP contribution in [0.15, 0.2) is 45.8 Å². The molecular formula is C22H15FN4OS3. The topological polar surface area (TPSA) is 71.5 Å². The Morgan fingerprint density at radius 3 is 2.84 bits per heavy atom. The van der Waals surface area contributed by atoms with Crippen LogP contribution >= 0.6 is 34.4 Å². The highest BCUT2D eigenvalue weighted by Crippen LogP contribution is 2.39. The number of aromatic nitrogens is 4. The van der Waals surface area contributed by atoms with Crippen molar-refractivity contribution in [2.75, 3.05) is 0 Å². The Balaban J connectivity index is 1.36. The molecule has 31 heavy (non-hydrogen) atoms. The van der Waals surface area contributed by atoms with Gasteiger partial charge >= 0.3 is 0 Å². The minimum Gasteiger partial charge on any atom is -0.309 e. The smallest absolute Gasteiger partial charge is 0.259 e. The lowest BCUT2D eigenvalue weighted by molar-refractivity contribution is 0.628. The van der Waals surface area contributed by atoms with Gasteiger partial charge in [-0.1, -0.05) is 23.9 Å². The molecule has 0 unspecified atom stereocenters. The lowest BCUT2D eigenvalue weighted by Gasteiger charge is -2.06. The Labute approximate surface area is 188 Å². The van der Waals surface area contributed by atoms with Crippen LogP contribution in [0.25, 0.3) is 31.6 Å². The van der Waals surface area contributed by atoms with Crippen LogP contribution in [-0.4, -0.2) is 19.9 Å². The molecule has 0 aliphatic heterocycles. The average Bonchev–Trinajstić information content (AvgIpc) is 3.47. The molecule has 0 saturated heterocycles. The molecule has 0 spiro atoms. The van der Waals surface area contributed by atoms with Crippen molar-refractivity contribution in [1.82, 2.24) is 19.9 Å². The SMILES string of the molecule is O=c1[nH]c(CSc2ncnc3scc(-c4ccc(F)cc4)c23)nc2sc3c(c12)CCC3. The van der Waals surface area contributed by atoms with Crippen LogP contribution in [0.5, 0.6) is 0 Å². The van der Waals surface area contributed by atoms with Crippen LogP contribution in [0.4, 0.5) is 4.39 Å². The van der Waals surface area contributed by atoms with Gasteiger partial charge in [-0.25, -0.2) is 19.3 Å². The average molecular weight is 467 g/mol. The van der Waals surface area contributed by atoms with Crippen LogP contribution in [0.1, 0.15) is 22.7 Å².